The van der Waals surface area contributed by atoms with Gasteiger partial charge in [-0.05, 0) is 24.5 Å². The summed E-state index contributed by atoms with van der Waals surface area (Å²) in [5.74, 6) is -2.70. The van der Waals surface area contributed by atoms with Crippen molar-refractivity contribution in [3.05, 3.63) is 71.3 Å². The number of aryl methyl sites for hydroxylation is 1. The third kappa shape index (κ3) is 3.59. The van der Waals surface area contributed by atoms with Gasteiger partial charge in [0.05, 0.1) is 12.7 Å². The summed E-state index contributed by atoms with van der Waals surface area (Å²) in [6.45, 7) is 2.22. The molecule has 0 unspecified atom stereocenters. The van der Waals surface area contributed by atoms with Crippen molar-refractivity contribution in [2.45, 2.75) is 60.9 Å². The van der Waals surface area contributed by atoms with Gasteiger partial charge in [-0.15, -0.1) is 0 Å². The summed E-state index contributed by atoms with van der Waals surface area (Å²) in [5, 5.41) is 63.0. The molecule has 1 heterocycles. The number of aliphatic hydroxyl groups is 6. The molecular weight excluding hydrogens is 424 g/mol. The van der Waals surface area contributed by atoms with Gasteiger partial charge in [0.25, 0.3) is 0 Å². The van der Waals surface area contributed by atoms with Crippen LogP contribution in [0.5, 0.6) is 0 Å². The molecular formula is C23H29ClO7. The number of rotatable bonds is 6. The minimum absolute atomic E-state index is 0.0205. The molecule has 170 valence electrons. The van der Waals surface area contributed by atoms with Crippen molar-refractivity contribution in [1.82, 2.24) is 0 Å². The summed E-state index contributed by atoms with van der Waals surface area (Å²) >= 11 is 6.37. The van der Waals surface area contributed by atoms with Gasteiger partial charge in [-0.25, -0.2) is 0 Å². The first-order valence-electron chi connectivity index (χ1n) is 10.1. The lowest BCUT2D eigenvalue weighted by Crippen LogP contribution is -2.82. The standard InChI is InChI=1S/C23H29ClO7/c1-3-16-9-11-17(12-10-16)13-21(28)22(24,29)19(27)20(14-25,15(2)26)31-23(21,30)18-7-5-4-6-8-18/h4-12,15,19,25-30H,3,13-14H2,1-2H3/t15-,19+,20+,21+,22-,23+/m0/s1. The molecule has 6 atom stereocenters. The zero-order valence-corrected chi connectivity index (χ0v) is 18.2. The van der Waals surface area contributed by atoms with Crippen LogP contribution < -0.4 is 0 Å². The van der Waals surface area contributed by atoms with Crippen molar-refractivity contribution < 1.29 is 35.4 Å². The quantitative estimate of drug-likeness (QED) is 0.357. The molecule has 0 bridgehead atoms. The van der Waals surface area contributed by atoms with Crippen LogP contribution in [-0.4, -0.2) is 65.7 Å². The van der Waals surface area contributed by atoms with E-state index in [1.165, 1.54) is 19.1 Å². The van der Waals surface area contributed by atoms with Crippen molar-refractivity contribution in [2.75, 3.05) is 6.61 Å². The summed E-state index contributed by atoms with van der Waals surface area (Å²) in [5.41, 5.74) is -3.38. The first-order chi connectivity index (χ1) is 14.5. The second-order valence-electron chi connectivity index (χ2n) is 8.18. The molecule has 2 aromatic carbocycles. The molecule has 6 N–H and O–H groups in total. The van der Waals surface area contributed by atoms with E-state index in [2.05, 4.69) is 0 Å². The summed E-state index contributed by atoms with van der Waals surface area (Å²) in [6.07, 6.45) is -3.33. The second kappa shape index (κ2) is 8.42. The van der Waals surface area contributed by atoms with Gasteiger partial charge in [0, 0.05) is 12.0 Å². The lowest BCUT2D eigenvalue weighted by molar-refractivity contribution is -0.444. The van der Waals surface area contributed by atoms with Gasteiger partial charge in [-0.1, -0.05) is 73.1 Å². The van der Waals surface area contributed by atoms with E-state index in [0.29, 0.717) is 5.56 Å². The molecule has 31 heavy (non-hydrogen) atoms. The number of hydrogen-bond acceptors (Lipinski definition) is 7. The normalized spacial score (nSPS) is 36.9. The van der Waals surface area contributed by atoms with Crippen LogP contribution in [0.25, 0.3) is 0 Å². The van der Waals surface area contributed by atoms with Crippen LogP contribution in [0.4, 0.5) is 0 Å². The molecule has 1 aliphatic heterocycles. The highest BCUT2D eigenvalue weighted by Gasteiger charge is 2.76. The van der Waals surface area contributed by atoms with Gasteiger partial charge in [-0.3, -0.25) is 0 Å². The van der Waals surface area contributed by atoms with E-state index < -0.39 is 47.3 Å². The van der Waals surface area contributed by atoms with Crippen molar-refractivity contribution >= 4 is 11.6 Å². The Hall–Kier alpha value is -1.55. The van der Waals surface area contributed by atoms with E-state index in [1.54, 1.807) is 30.3 Å². The number of aliphatic hydroxyl groups excluding tert-OH is 3. The van der Waals surface area contributed by atoms with Crippen LogP contribution in [0.2, 0.25) is 0 Å². The summed E-state index contributed by atoms with van der Waals surface area (Å²) < 4.78 is 5.75. The van der Waals surface area contributed by atoms with Gasteiger partial charge in [0.15, 0.2) is 11.2 Å². The average Bonchev–Trinajstić information content (AvgIpc) is 2.76. The molecule has 0 saturated carbocycles. The first kappa shape index (κ1) is 24.1. The van der Waals surface area contributed by atoms with Crippen molar-refractivity contribution in [3.8, 4) is 0 Å². The summed E-state index contributed by atoms with van der Waals surface area (Å²) in [6, 6.07) is 14.8. The molecule has 0 aromatic heterocycles. The Balaban J connectivity index is 2.22. The van der Waals surface area contributed by atoms with Crippen LogP contribution in [0.3, 0.4) is 0 Å². The third-order valence-corrected chi connectivity index (χ3v) is 6.83. The first-order valence-corrected chi connectivity index (χ1v) is 10.5. The maximum atomic E-state index is 11.8. The SMILES string of the molecule is CCc1ccc(C[C@]2(O)[C@@](O)(c3ccccc3)O[C@](CO)([C@H](C)O)[C@@H](O)[C@@]2(O)Cl)cc1. The molecule has 1 aliphatic rings. The Bertz CT molecular complexity index is 889. The molecule has 0 radical (unpaired) electrons. The minimum atomic E-state index is -2.92. The van der Waals surface area contributed by atoms with Gasteiger partial charge >= 0.3 is 0 Å². The van der Waals surface area contributed by atoms with Crippen LogP contribution in [0, 0.1) is 0 Å². The maximum Gasteiger partial charge on any atom is 0.227 e. The largest absolute Gasteiger partial charge is 0.393 e. The average molecular weight is 453 g/mol. The summed E-state index contributed by atoms with van der Waals surface area (Å²) in [7, 11) is 0. The molecule has 0 spiro atoms. The third-order valence-electron chi connectivity index (χ3n) is 6.31. The number of ether oxygens (including phenoxy) is 1. The number of benzene rings is 2. The maximum absolute atomic E-state index is 11.8. The predicted octanol–water partition coefficient (Wildman–Crippen LogP) is 0.798. The zero-order valence-electron chi connectivity index (χ0n) is 17.4. The minimum Gasteiger partial charge on any atom is -0.393 e. The van der Waals surface area contributed by atoms with Gasteiger partial charge < -0.3 is 35.4 Å². The van der Waals surface area contributed by atoms with E-state index in [0.717, 1.165) is 12.0 Å². The molecule has 8 heteroatoms. The zero-order chi connectivity index (χ0) is 23.1. The van der Waals surface area contributed by atoms with Gasteiger partial charge in [-0.2, -0.15) is 0 Å². The predicted molar refractivity (Wildman–Crippen MR) is 114 cm³/mol. The highest BCUT2D eigenvalue weighted by molar-refractivity contribution is 6.24. The van der Waals surface area contributed by atoms with E-state index in [-0.39, 0.29) is 5.56 Å². The Morgan fingerprint density at radius 2 is 1.55 bits per heavy atom. The number of alkyl halides is 1. The lowest BCUT2D eigenvalue weighted by atomic mass is 9.68. The molecule has 7 nitrogen and oxygen atoms in total. The smallest absolute Gasteiger partial charge is 0.227 e. The van der Waals surface area contributed by atoms with Crippen LogP contribution in [-0.2, 0) is 23.4 Å². The van der Waals surface area contributed by atoms with Crippen LogP contribution in [0.1, 0.15) is 30.5 Å². The molecule has 0 amide bonds. The highest BCUT2D eigenvalue weighted by atomic mass is 35.5. The molecule has 1 fully saturated rings. The summed E-state index contributed by atoms with van der Waals surface area (Å²) in [4.78, 5) is 0. The van der Waals surface area contributed by atoms with Crippen molar-refractivity contribution in [1.29, 1.82) is 0 Å². The Morgan fingerprint density at radius 3 is 2.03 bits per heavy atom. The Labute approximate surface area is 186 Å². The Kier molecular flexibility index (Phi) is 6.55. The van der Waals surface area contributed by atoms with E-state index in [4.69, 9.17) is 16.3 Å². The van der Waals surface area contributed by atoms with Crippen LogP contribution >= 0.6 is 11.6 Å². The lowest BCUT2D eigenvalue weighted by Gasteiger charge is -2.61. The molecule has 1 saturated heterocycles. The number of halogens is 1. The fourth-order valence-electron chi connectivity index (χ4n) is 4.16. The van der Waals surface area contributed by atoms with Crippen molar-refractivity contribution in [2.24, 2.45) is 0 Å². The number of hydrogen-bond donors (Lipinski definition) is 6. The van der Waals surface area contributed by atoms with E-state index >= 15 is 0 Å². The Morgan fingerprint density at radius 1 is 1.00 bits per heavy atom. The van der Waals surface area contributed by atoms with Crippen LogP contribution in [0.15, 0.2) is 54.6 Å². The monoisotopic (exact) mass is 452 g/mol. The molecule has 2 aromatic rings. The highest BCUT2D eigenvalue weighted by Crippen LogP contribution is 2.55. The van der Waals surface area contributed by atoms with E-state index in [9.17, 15) is 30.6 Å². The van der Waals surface area contributed by atoms with Crippen molar-refractivity contribution in [3.63, 3.8) is 0 Å². The second-order valence-corrected chi connectivity index (χ2v) is 8.76. The fraction of sp³-hybridized carbons (Fsp3) is 0.478. The topological polar surface area (TPSA) is 131 Å². The van der Waals surface area contributed by atoms with E-state index in [1.807, 2.05) is 19.1 Å². The van der Waals surface area contributed by atoms with Gasteiger partial charge in [0.2, 0.25) is 10.8 Å². The molecule has 3 rings (SSSR count). The fourth-order valence-corrected chi connectivity index (χ4v) is 4.54. The van der Waals surface area contributed by atoms with Gasteiger partial charge in [0.1, 0.15) is 6.10 Å². The molecule has 0 aliphatic carbocycles.